The number of para-hydroxylation sites is 1. The summed E-state index contributed by atoms with van der Waals surface area (Å²) in [6.07, 6.45) is -1.05. The highest BCUT2D eigenvalue weighted by molar-refractivity contribution is 14.1. The summed E-state index contributed by atoms with van der Waals surface area (Å²) in [4.78, 5) is 35.5. The number of halogens is 1. The summed E-state index contributed by atoms with van der Waals surface area (Å²) in [5.41, 5.74) is 1.10. The number of Topliss-reactive ketones (excluding diaryl/α,β-unsaturated/α-hetero) is 1. The molecule has 2 atom stereocenters. The first-order valence-corrected chi connectivity index (χ1v) is 11.5. The molecule has 0 unspecified atom stereocenters. The van der Waals surface area contributed by atoms with Gasteiger partial charge in [-0.1, -0.05) is 18.2 Å². The van der Waals surface area contributed by atoms with Crippen molar-refractivity contribution in [3.05, 3.63) is 99.6 Å². The summed E-state index contributed by atoms with van der Waals surface area (Å²) in [6, 6.07) is 19.6. The Bertz CT molecular complexity index is 1230. The van der Waals surface area contributed by atoms with E-state index in [2.05, 4.69) is 5.32 Å². The number of rotatable bonds is 9. The molecule has 3 N–H and O–H groups in total. The molecule has 0 spiro atoms. The largest absolute Gasteiger partial charge is 0.508 e. The maximum absolute atomic E-state index is 12.8. The zero-order valence-electron chi connectivity index (χ0n) is 18.6. The van der Waals surface area contributed by atoms with E-state index in [9.17, 15) is 24.6 Å². The van der Waals surface area contributed by atoms with Crippen molar-refractivity contribution in [3.8, 4) is 11.5 Å². The van der Waals surface area contributed by atoms with Crippen LogP contribution in [-0.4, -0.2) is 34.2 Å². The molecule has 35 heavy (non-hydrogen) atoms. The SMILES string of the molecule is CC(=O)c1ccc(NC(=O)O[C@@H](c2cc(I)ccc2O)[C@H](/C=C/C(=O)O)Oc2ccccc2)cc1. The maximum Gasteiger partial charge on any atom is 0.412 e. The number of anilines is 1. The van der Waals surface area contributed by atoms with Crippen molar-refractivity contribution in [1.29, 1.82) is 0 Å². The van der Waals surface area contributed by atoms with E-state index in [0.717, 1.165) is 9.65 Å². The standard InChI is InChI=1S/C26H22INO7/c1-16(29)17-7-10-19(11-8-17)28-26(33)35-25(21-15-18(27)9-12-22(21)30)23(13-14-24(31)32)34-20-5-3-2-4-6-20/h2-15,23,25,30H,1H3,(H,28,33)(H,31,32)/b14-13+/t23-,25-/m0/s1. The fourth-order valence-electron chi connectivity index (χ4n) is 3.15. The van der Waals surface area contributed by atoms with Gasteiger partial charge < -0.3 is 19.7 Å². The Morgan fingerprint density at radius 1 is 1.00 bits per heavy atom. The van der Waals surface area contributed by atoms with Gasteiger partial charge >= 0.3 is 12.1 Å². The minimum Gasteiger partial charge on any atom is -0.508 e. The number of amides is 1. The van der Waals surface area contributed by atoms with E-state index in [-0.39, 0.29) is 17.1 Å². The van der Waals surface area contributed by atoms with Gasteiger partial charge in [0, 0.05) is 26.5 Å². The number of hydrogen-bond acceptors (Lipinski definition) is 6. The number of carbonyl (C=O) groups is 3. The van der Waals surface area contributed by atoms with Gasteiger partial charge in [-0.05, 0) is 90.2 Å². The van der Waals surface area contributed by atoms with Crippen molar-refractivity contribution in [2.75, 3.05) is 5.32 Å². The van der Waals surface area contributed by atoms with Gasteiger partial charge in [-0.25, -0.2) is 9.59 Å². The summed E-state index contributed by atoms with van der Waals surface area (Å²) in [6.45, 7) is 1.44. The highest BCUT2D eigenvalue weighted by Crippen LogP contribution is 2.34. The number of phenolic OH excluding ortho intramolecular Hbond substituents is 1. The lowest BCUT2D eigenvalue weighted by Gasteiger charge is -2.27. The molecule has 180 valence electrons. The molecule has 0 radical (unpaired) electrons. The van der Waals surface area contributed by atoms with Gasteiger partial charge in [0.05, 0.1) is 0 Å². The van der Waals surface area contributed by atoms with Crippen LogP contribution in [0.3, 0.4) is 0 Å². The predicted molar refractivity (Wildman–Crippen MR) is 138 cm³/mol. The number of aliphatic carboxylic acids is 1. The lowest BCUT2D eigenvalue weighted by molar-refractivity contribution is -0.131. The first-order chi connectivity index (χ1) is 16.7. The van der Waals surface area contributed by atoms with E-state index in [1.54, 1.807) is 66.7 Å². The van der Waals surface area contributed by atoms with E-state index >= 15 is 0 Å². The number of ketones is 1. The second-order valence-corrected chi connectivity index (χ2v) is 8.63. The normalized spacial score (nSPS) is 12.5. The summed E-state index contributed by atoms with van der Waals surface area (Å²) < 4.78 is 12.4. The number of carboxylic acids is 1. The molecule has 9 heteroatoms. The maximum atomic E-state index is 12.8. The summed E-state index contributed by atoms with van der Waals surface area (Å²) in [7, 11) is 0. The zero-order valence-corrected chi connectivity index (χ0v) is 20.7. The molecule has 0 aliphatic heterocycles. The Balaban J connectivity index is 1.94. The number of hydrogen-bond donors (Lipinski definition) is 3. The van der Waals surface area contributed by atoms with Gasteiger partial charge in [0.15, 0.2) is 18.0 Å². The van der Waals surface area contributed by atoms with Crippen LogP contribution in [-0.2, 0) is 9.53 Å². The Morgan fingerprint density at radius 2 is 1.69 bits per heavy atom. The van der Waals surface area contributed by atoms with Crippen molar-refractivity contribution in [2.45, 2.75) is 19.1 Å². The number of benzene rings is 3. The average Bonchev–Trinajstić information content (AvgIpc) is 2.83. The van der Waals surface area contributed by atoms with E-state index in [0.29, 0.717) is 17.0 Å². The molecule has 0 aromatic heterocycles. The minimum absolute atomic E-state index is 0.112. The number of carbonyl (C=O) groups excluding carboxylic acids is 2. The number of ether oxygens (including phenoxy) is 2. The van der Waals surface area contributed by atoms with Crippen molar-refractivity contribution in [1.82, 2.24) is 0 Å². The molecule has 8 nitrogen and oxygen atoms in total. The smallest absolute Gasteiger partial charge is 0.412 e. The summed E-state index contributed by atoms with van der Waals surface area (Å²) in [5.74, 6) is -1.07. The molecule has 1 amide bonds. The molecule has 0 bridgehead atoms. The molecule has 0 saturated carbocycles. The van der Waals surface area contributed by atoms with Gasteiger partial charge in [0.2, 0.25) is 0 Å². The lowest BCUT2D eigenvalue weighted by atomic mass is 10.0. The summed E-state index contributed by atoms with van der Waals surface area (Å²) in [5, 5.41) is 22.3. The molecule has 0 aliphatic carbocycles. The van der Waals surface area contributed by atoms with E-state index in [1.807, 2.05) is 22.6 Å². The van der Waals surface area contributed by atoms with Crippen LogP contribution in [0.4, 0.5) is 10.5 Å². The molecule has 0 aliphatic rings. The highest BCUT2D eigenvalue weighted by atomic mass is 127. The first-order valence-electron chi connectivity index (χ1n) is 10.4. The number of phenols is 1. The van der Waals surface area contributed by atoms with E-state index in [1.165, 1.54) is 19.1 Å². The Labute approximate surface area is 215 Å². The van der Waals surface area contributed by atoms with Crippen LogP contribution >= 0.6 is 22.6 Å². The van der Waals surface area contributed by atoms with Gasteiger partial charge in [-0.2, -0.15) is 0 Å². The van der Waals surface area contributed by atoms with Crippen LogP contribution in [0.1, 0.15) is 28.9 Å². The molecular formula is C26H22INO7. The first kappa shape index (κ1) is 25.8. The topological polar surface area (TPSA) is 122 Å². The Morgan fingerprint density at radius 3 is 2.31 bits per heavy atom. The zero-order chi connectivity index (χ0) is 25.4. The van der Waals surface area contributed by atoms with Crippen LogP contribution in [0.25, 0.3) is 0 Å². The van der Waals surface area contributed by atoms with E-state index < -0.39 is 24.3 Å². The number of nitrogens with one attached hydrogen (secondary N) is 1. The third-order valence-electron chi connectivity index (χ3n) is 4.81. The summed E-state index contributed by atoms with van der Waals surface area (Å²) >= 11 is 2.05. The molecule has 3 aromatic carbocycles. The minimum atomic E-state index is -1.22. The van der Waals surface area contributed by atoms with Crippen molar-refractivity contribution in [2.24, 2.45) is 0 Å². The fourth-order valence-corrected chi connectivity index (χ4v) is 3.66. The van der Waals surface area contributed by atoms with Gasteiger partial charge in [-0.3, -0.25) is 10.1 Å². The molecular weight excluding hydrogens is 565 g/mol. The quantitative estimate of drug-likeness (QED) is 0.170. The third-order valence-corrected chi connectivity index (χ3v) is 5.48. The van der Waals surface area contributed by atoms with Crippen LogP contribution in [0.5, 0.6) is 11.5 Å². The predicted octanol–water partition coefficient (Wildman–Crippen LogP) is 5.58. The third kappa shape index (κ3) is 7.57. The van der Waals surface area contributed by atoms with Gasteiger partial charge in [-0.15, -0.1) is 0 Å². The van der Waals surface area contributed by atoms with Crippen molar-refractivity contribution in [3.63, 3.8) is 0 Å². The van der Waals surface area contributed by atoms with Crippen LogP contribution in [0, 0.1) is 3.57 Å². The highest BCUT2D eigenvalue weighted by Gasteiger charge is 2.30. The molecule has 0 saturated heterocycles. The Hall–Kier alpha value is -3.86. The molecule has 3 aromatic rings. The Kier molecular flexibility index (Phi) is 8.85. The van der Waals surface area contributed by atoms with Crippen LogP contribution in [0.2, 0.25) is 0 Å². The second-order valence-electron chi connectivity index (χ2n) is 7.38. The molecule has 0 heterocycles. The van der Waals surface area contributed by atoms with Gasteiger partial charge in [0.25, 0.3) is 0 Å². The fraction of sp³-hybridized carbons (Fsp3) is 0.115. The van der Waals surface area contributed by atoms with Crippen molar-refractivity contribution >= 4 is 46.1 Å². The number of aromatic hydroxyl groups is 1. The van der Waals surface area contributed by atoms with E-state index in [4.69, 9.17) is 9.47 Å². The van der Waals surface area contributed by atoms with Crippen LogP contribution < -0.4 is 10.1 Å². The van der Waals surface area contributed by atoms with Crippen LogP contribution in [0.15, 0.2) is 84.9 Å². The monoisotopic (exact) mass is 587 g/mol. The lowest BCUT2D eigenvalue weighted by Crippen LogP contribution is -2.30. The second kappa shape index (κ2) is 12.0. The van der Waals surface area contributed by atoms with Crippen molar-refractivity contribution < 1.29 is 34.1 Å². The molecule has 0 fully saturated rings. The average molecular weight is 587 g/mol. The molecule has 3 rings (SSSR count). The number of carboxylic acid groups (broad SMARTS) is 1. The van der Waals surface area contributed by atoms with Gasteiger partial charge in [0.1, 0.15) is 11.5 Å².